The number of nitrogens with zero attached hydrogens (tertiary/aromatic N) is 2. The van der Waals surface area contributed by atoms with Gasteiger partial charge in [-0.15, -0.1) is 0 Å². The summed E-state index contributed by atoms with van der Waals surface area (Å²) in [6.07, 6.45) is 1.68. The van der Waals surface area contributed by atoms with Gasteiger partial charge in [-0.1, -0.05) is 53.8 Å². The molecule has 0 fully saturated rings. The number of carboxylic acid groups (broad SMARTS) is 1. The molecule has 34 heavy (non-hydrogen) atoms. The Bertz CT molecular complexity index is 1450. The van der Waals surface area contributed by atoms with Gasteiger partial charge in [-0.2, -0.15) is 0 Å². The van der Waals surface area contributed by atoms with Gasteiger partial charge < -0.3 is 19.4 Å². The topological polar surface area (TPSA) is 110 Å². The number of hydrogen-bond acceptors (Lipinski definition) is 8. The van der Waals surface area contributed by atoms with Gasteiger partial charge in [0, 0.05) is 0 Å². The van der Waals surface area contributed by atoms with Gasteiger partial charge in [0.15, 0.2) is 4.80 Å². The predicted octanol–water partition coefficient (Wildman–Crippen LogP) is 0.927. The van der Waals surface area contributed by atoms with E-state index in [2.05, 4.69) is 4.99 Å². The molecule has 0 aliphatic carbocycles. The highest BCUT2D eigenvalue weighted by molar-refractivity contribution is 7.07. The van der Waals surface area contributed by atoms with Crippen molar-refractivity contribution in [1.82, 2.24) is 4.57 Å². The van der Waals surface area contributed by atoms with Crippen LogP contribution in [0.4, 0.5) is 0 Å². The normalized spacial score (nSPS) is 15.5. The van der Waals surface area contributed by atoms with Gasteiger partial charge in [-0.05, 0) is 43.2 Å². The molecule has 174 valence electrons. The number of hydrogen-bond donors (Lipinski definition) is 0. The highest BCUT2D eigenvalue weighted by atomic mass is 32.1. The Kier molecular flexibility index (Phi) is 6.74. The van der Waals surface area contributed by atoms with Crippen LogP contribution in [0.25, 0.3) is 6.08 Å². The van der Waals surface area contributed by atoms with Crippen LogP contribution in [-0.2, 0) is 14.3 Å². The SMILES string of the molecule is CCOC(=O)C1=C(C)N=c2s/c(=C/c3cccc(OCC(=O)[O-])c3)c(=O)n2[C@@H]1c1ccccc1. The molecule has 0 N–H and O–H groups in total. The molecule has 0 spiro atoms. The van der Waals surface area contributed by atoms with E-state index in [9.17, 15) is 19.5 Å². The van der Waals surface area contributed by atoms with Gasteiger partial charge in [0.05, 0.1) is 34.4 Å². The van der Waals surface area contributed by atoms with Crippen LogP contribution in [-0.4, -0.2) is 29.7 Å². The number of benzene rings is 2. The lowest BCUT2D eigenvalue weighted by Crippen LogP contribution is -2.39. The molecule has 2 aromatic carbocycles. The summed E-state index contributed by atoms with van der Waals surface area (Å²) in [5.74, 6) is -1.50. The molecule has 4 rings (SSSR count). The second-order valence-electron chi connectivity index (χ2n) is 7.45. The van der Waals surface area contributed by atoms with E-state index in [1.807, 2.05) is 30.3 Å². The van der Waals surface area contributed by atoms with Crippen LogP contribution in [0.2, 0.25) is 0 Å². The van der Waals surface area contributed by atoms with Crippen molar-refractivity contribution < 1.29 is 24.2 Å². The molecule has 0 unspecified atom stereocenters. The minimum Gasteiger partial charge on any atom is -0.546 e. The quantitative estimate of drug-likeness (QED) is 0.468. The number of esters is 1. The lowest BCUT2D eigenvalue weighted by molar-refractivity contribution is -0.307. The zero-order valence-corrected chi connectivity index (χ0v) is 19.3. The fourth-order valence-electron chi connectivity index (χ4n) is 3.73. The summed E-state index contributed by atoms with van der Waals surface area (Å²) in [5.41, 5.74) is 1.94. The van der Waals surface area contributed by atoms with Crippen molar-refractivity contribution >= 4 is 29.4 Å². The number of carboxylic acids is 1. The minimum atomic E-state index is -1.33. The van der Waals surface area contributed by atoms with Crippen molar-refractivity contribution in [2.24, 2.45) is 4.99 Å². The van der Waals surface area contributed by atoms with Gasteiger partial charge in [0.25, 0.3) is 5.56 Å². The molecule has 3 aromatic rings. The predicted molar refractivity (Wildman–Crippen MR) is 124 cm³/mol. The number of rotatable bonds is 7. The lowest BCUT2D eigenvalue weighted by atomic mass is 9.96. The summed E-state index contributed by atoms with van der Waals surface area (Å²) in [4.78, 5) is 42.0. The summed E-state index contributed by atoms with van der Waals surface area (Å²) < 4.78 is 12.4. The van der Waals surface area contributed by atoms with Crippen LogP contribution < -0.4 is 24.7 Å². The molecule has 1 atom stereocenters. The fraction of sp³-hybridized carbons (Fsp3) is 0.200. The van der Waals surface area contributed by atoms with Crippen molar-refractivity contribution in [3.8, 4) is 5.75 Å². The van der Waals surface area contributed by atoms with Crippen molar-refractivity contribution in [2.75, 3.05) is 13.2 Å². The van der Waals surface area contributed by atoms with E-state index >= 15 is 0 Å². The average Bonchev–Trinajstić information content (AvgIpc) is 3.12. The first-order valence-corrected chi connectivity index (χ1v) is 11.4. The van der Waals surface area contributed by atoms with Crippen LogP contribution in [0.15, 0.2) is 75.7 Å². The molecule has 0 amide bonds. The average molecular weight is 478 g/mol. The summed E-state index contributed by atoms with van der Waals surface area (Å²) in [5, 5.41) is 10.7. The Morgan fingerprint density at radius 3 is 2.65 bits per heavy atom. The minimum absolute atomic E-state index is 0.206. The Morgan fingerprint density at radius 2 is 1.94 bits per heavy atom. The molecule has 0 saturated heterocycles. The second-order valence-corrected chi connectivity index (χ2v) is 8.46. The number of carbonyl (C=O) groups is 2. The molecule has 0 radical (unpaired) electrons. The molecule has 1 aromatic heterocycles. The maximum atomic E-state index is 13.5. The first-order valence-electron chi connectivity index (χ1n) is 10.6. The first-order chi connectivity index (χ1) is 16.4. The third-order valence-corrected chi connectivity index (χ3v) is 6.13. The number of carbonyl (C=O) groups excluding carboxylic acids is 2. The Balaban J connectivity index is 1.84. The van der Waals surface area contributed by atoms with E-state index in [1.54, 1.807) is 44.2 Å². The van der Waals surface area contributed by atoms with Crippen LogP contribution in [0.5, 0.6) is 5.75 Å². The molecule has 9 heteroatoms. The van der Waals surface area contributed by atoms with Crippen molar-refractivity contribution in [1.29, 1.82) is 0 Å². The Hall–Kier alpha value is -3.98. The molecule has 8 nitrogen and oxygen atoms in total. The van der Waals surface area contributed by atoms with Crippen molar-refractivity contribution in [2.45, 2.75) is 19.9 Å². The van der Waals surface area contributed by atoms with E-state index in [-0.39, 0.29) is 12.2 Å². The van der Waals surface area contributed by atoms with Crippen LogP contribution in [0.3, 0.4) is 0 Å². The van der Waals surface area contributed by atoms with E-state index in [4.69, 9.17) is 9.47 Å². The van der Waals surface area contributed by atoms with E-state index < -0.39 is 24.6 Å². The molecule has 0 saturated carbocycles. The maximum Gasteiger partial charge on any atom is 0.338 e. The molecule has 2 heterocycles. The van der Waals surface area contributed by atoms with E-state index in [1.165, 1.54) is 15.9 Å². The van der Waals surface area contributed by atoms with E-state index in [0.717, 1.165) is 5.56 Å². The van der Waals surface area contributed by atoms with Crippen LogP contribution >= 0.6 is 11.3 Å². The maximum absolute atomic E-state index is 13.5. The third-order valence-electron chi connectivity index (χ3n) is 5.14. The number of allylic oxidation sites excluding steroid dienone is 1. The smallest absolute Gasteiger partial charge is 0.338 e. The standard InChI is InChI=1S/C25H22N2O6S/c1-3-32-24(31)21-15(2)26-25-27(22(21)17-9-5-4-6-10-17)23(30)19(34-25)13-16-8-7-11-18(12-16)33-14-20(28)29/h4-13,22H,3,14H2,1-2H3,(H,28,29)/p-1/b19-13+/t22-/m1/s1. The van der Waals surface area contributed by atoms with Gasteiger partial charge >= 0.3 is 5.97 Å². The van der Waals surface area contributed by atoms with Gasteiger partial charge in [0.2, 0.25) is 0 Å². The van der Waals surface area contributed by atoms with Crippen molar-refractivity contribution in [3.05, 3.63) is 96.7 Å². The van der Waals surface area contributed by atoms with Crippen LogP contribution in [0, 0.1) is 0 Å². The number of aromatic nitrogens is 1. The Morgan fingerprint density at radius 1 is 1.18 bits per heavy atom. The first kappa shape index (κ1) is 23.2. The molecule has 0 bridgehead atoms. The molecular weight excluding hydrogens is 456 g/mol. The summed E-state index contributed by atoms with van der Waals surface area (Å²) >= 11 is 1.21. The van der Waals surface area contributed by atoms with Gasteiger partial charge in [-0.3, -0.25) is 9.36 Å². The summed E-state index contributed by atoms with van der Waals surface area (Å²) in [6.45, 7) is 3.10. The van der Waals surface area contributed by atoms with Gasteiger partial charge in [0.1, 0.15) is 12.4 Å². The summed E-state index contributed by atoms with van der Waals surface area (Å²) in [6, 6.07) is 15.3. The largest absolute Gasteiger partial charge is 0.546 e. The monoisotopic (exact) mass is 477 g/mol. The molecule has 1 aliphatic rings. The summed E-state index contributed by atoms with van der Waals surface area (Å²) in [7, 11) is 0. The van der Waals surface area contributed by atoms with Gasteiger partial charge in [-0.25, -0.2) is 9.79 Å². The number of aliphatic carboxylic acids is 1. The highest BCUT2D eigenvalue weighted by Crippen LogP contribution is 2.30. The number of ether oxygens (including phenoxy) is 2. The molecular formula is C25H21N2O6S-. The van der Waals surface area contributed by atoms with E-state index in [0.29, 0.717) is 31.9 Å². The Labute approximate surface area is 198 Å². The number of fused-ring (bicyclic) bond motifs is 1. The van der Waals surface area contributed by atoms with Crippen LogP contribution in [0.1, 0.15) is 31.0 Å². The lowest BCUT2D eigenvalue weighted by Gasteiger charge is -2.24. The fourth-order valence-corrected chi connectivity index (χ4v) is 4.78. The zero-order valence-electron chi connectivity index (χ0n) is 18.5. The third kappa shape index (κ3) is 4.69. The number of thiazole rings is 1. The molecule has 1 aliphatic heterocycles. The highest BCUT2D eigenvalue weighted by Gasteiger charge is 2.33. The second kappa shape index (κ2) is 9.88. The zero-order chi connectivity index (χ0) is 24.2. The van der Waals surface area contributed by atoms with Crippen molar-refractivity contribution in [3.63, 3.8) is 0 Å².